The van der Waals surface area contributed by atoms with Crippen molar-refractivity contribution >= 4 is 70.7 Å². The van der Waals surface area contributed by atoms with Crippen molar-refractivity contribution in [2.75, 3.05) is 73.0 Å². The number of imide groups is 1. The fraction of sp³-hybridized carbons (Fsp3) is 0.671. The summed E-state index contributed by atoms with van der Waals surface area (Å²) in [5, 5.41) is 70.3. The number of aliphatic hydroxyl groups excluding tert-OH is 4. The van der Waals surface area contributed by atoms with Gasteiger partial charge in [0.25, 0.3) is 17.7 Å². The Morgan fingerprint density at radius 1 is 0.729 bits per heavy atom. The topological polar surface area (TPSA) is 420 Å². The van der Waals surface area contributed by atoms with Crippen molar-refractivity contribution in [3.05, 3.63) is 66.2 Å². The average Bonchev–Trinajstić information content (AvgIpc) is 1.42. The van der Waals surface area contributed by atoms with E-state index in [0.29, 0.717) is 76.4 Å². The van der Waals surface area contributed by atoms with Gasteiger partial charge in [-0.1, -0.05) is 105 Å². The van der Waals surface area contributed by atoms with Crippen LogP contribution in [-0.2, 0) is 67.0 Å². The number of methoxy groups -OCH3 is 2. The van der Waals surface area contributed by atoms with Crippen molar-refractivity contribution in [1.29, 1.82) is 0 Å². The maximum atomic E-state index is 15.0. The molecule has 0 bridgehead atoms. The summed E-state index contributed by atoms with van der Waals surface area (Å²) in [6.07, 6.45) is -5.00. The van der Waals surface area contributed by atoms with E-state index in [1.54, 1.807) is 91.6 Å². The van der Waals surface area contributed by atoms with Crippen molar-refractivity contribution in [1.82, 2.24) is 46.2 Å². The van der Waals surface area contributed by atoms with Gasteiger partial charge in [-0.05, 0) is 87.3 Å². The van der Waals surface area contributed by atoms with E-state index < -0.39 is 139 Å². The van der Waals surface area contributed by atoms with Gasteiger partial charge in [0, 0.05) is 104 Å². The number of ether oxygens (including phenoxy) is 5. The molecular weight excluding hydrogens is 1390 g/mol. The van der Waals surface area contributed by atoms with Gasteiger partial charge in [-0.15, -0.1) is 0 Å². The molecule has 0 radical (unpaired) electrons. The summed E-state index contributed by atoms with van der Waals surface area (Å²) in [4.78, 5) is 153. The summed E-state index contributed by atoms with van der Waals surface area (Å²) in [5.74, 6) is -8.16. The van der Waals surface area contributed by atoms with Crippen molar-refractivity contribution in [3.8, 4) is 11.5 Å². The molecule has 598 valence electrons. The minimum Gasteiger partial charge on any atom is -0.484 e. The molecule has 107 heavy (non-hydrogen) atoms. The first-order valence-corrected chi connectivity index (χ1v) is 37.4. The fourth-order valence-corrected chi connectivity index (χ4v) is 13.6. The second-order valence-electron chi connectivity index (χ2n) is 29.1. The van der Waals surface area contributed by atoms with Crippen LogP contribution in [0.1, 0.15) is 158 Å². The lowest BCUT2D eigenvalue weighted by atomic mass is 9.89. The van der Waals surface area contributed by atoms with Gasteiger partial charge in [0.15, 0.2) is 12.7 Å². The lowest BCUT2D eigenvalue weighted by Gasteiger charge is -2.41. The number of likely N-dealkylation sites (N-methyl/N-ethyl adjacent to an activating group) is 2. The Bertz CT molecular complexity index is 3290. The molecule has 0 aliphatic carbocycles. The first-order valence-electron chi connectivity index (χ1n) is 37.4. The summed E-state index contributed by atoms with van der Waals surface area (Å²) < 4.78 is 29.3. The van der Waals surface area contributed by atoms with E-state index in [0.717, 1.165) is 4.90 Å². The molecule has 1 unspecified atom stereocenters. The largest absolute Gasteiger partial charge is 0.484 e. The maximum Gasteiger partial charge on any atom is 0.335 e. The number of carbonyl (C=O) groups excluding carboxylic acids is 10. The Balaban J connectivity index is 1.26. The molecule has 0 saturated carbocycles. The van der Waals surface area contributed by atoms with Gasteiger partial charge in [0.1, 0.15) is 41.9 Å². The number of anilines is 1. The molecule has 3 aliphatic heterocycles. The second-order valence-corrected chi connectivity index (χ2v) is 29.1. The number of hydrogen-bond acceptors (Lipinski definition) is 21. The minimum atomic E-state index is -2.04. The number of rotatable bonds is 45. The van der Waals surface area contributed by atoms with E-state index in [1.807, 2.05) is 19.9 Å². The summed E-state index contributed by atoms with van der Waals surface area (Å²) >= 11 is 0. The van der Waals surface area contributed by atoms with Crippen LogP contribution in [0.5, 0.6) is 11.5 Å². The Kier molecular flexibility index (Phi) is 36.6. The SMILES string of the molecule is CC[C@H](C)[C@@H]([C@@H](CC(=O)N1CCC[C@H]1[C@H](OC)[C@@H](C)C(=O)N[C@H](C)[C@@H](O)c1ccccc1)OC)N(C)C(=O)[C@@H](NC(=O)C(C(C)C)N(C)C(=O)COc1ccc(O[C@@H]2O[C@H](C(=O)O)[C@@H](O)[C@H](O)[C@H]2O)c(NC(=O)CCNC[C@H](CCCCNC(=O)C(C)C)NC(=O)CCCCCN2C(=O)C=CC2=O)c1)C(C)C. The van der Waals surface area contributed by atoms with Gasteiger partial charge in [-0.2, -0.15) is 0 Å². The minimum absolute atomic E-state index is 0.0281. The predicted molar refractivity (Wildman–Crippen MR) is 394 cm³/mol. The van der Waals surface area contributed by atoms with Crippen LogP contribution in [0.2, 0.25) is 0 Å². The zero-order valence-electron chi connectivity index (χ0n) is 64.5. The third-order valence-electron chi connectivity index (χ3n) is 20.1. The van der Waals surface area contributed by atoms with Gasteiger partial charge < -0.3 is 95.8 Å². The first-order chi connectivity index (χ1) is 50.7. The van der Waals surface area contributed by atoms with Gasteiger partial charge in [0.2, 0.25) is 47.6 Å². The Labute approximate surface area is 628 Å². The smallest absolute Gasteiger partial charge is 0.335 e. The first kappa shape index (κ1) is 89.5. The van der Waals surface area contributed by atoms with Crippen LogP contribution in [0.15, 0.2) is 60.7 Å². The summed E-state index contributed by atoms with van der Waals surface area (Å²) in [7, 11) is 5.98. The van der Waals surface area contributed by atoms with E-state index >= 15 is 0 Å². The van der Waals surface area contributed by atoms with Gasteiger partial charge in [0.05, 0.1) is 54.5 Å². The lowest BCUT2D eigenvalue weighted by molar-refractivity contribution is -0.271. The van der Waals surface area contributed by atoms with Crippen molar-refractivity contribution < 1.29 is 102 Å². The molecule has 0 spiro atoms. The summed E-state index contributed by atoms with van der Waals surface area (Å²) in [5.41, 5.74) is 0.517. The van der Waals surface area contributed by atoms with E-state index in [1.165, 1.54) is 61.4 Å². The van der Waals surface area contributed by atoms with Gasteiger partial charge in [-0.3, -0.25) is 52.8 Å². The molecular formula is C76H118N10O21. The van der Waals surface area contributed by atoms with Crippen LogP contribution in [0.25, 0.3) is 0 Å². The number of nitrogens with one attached hydrogen (secondary N) is 6. The number of aliphatic carboxylic acids is 1. The molecule has 2 aromatic rings. The number of unbranched alkanes of at least 4 members (excludes halogenated alkanes) is 3. The van der Waals surface area contributed by atoms with Crippen LogP contribution in [0.4, 0.5) is 5.69 Å². The molecule has 2 aromatic carbocycles. The normalized spacial score (nSPS) is 20.8. The highest BCUT2D eigenvalue weighted by molar-refractivity contribution is 6.12. The zero-order chi connectivity index (χ0) is 79.5. The van der Waals surface area contributed by atoms with Crippen molar-refractivity contribution in [2.45, 2.75) is 232 Å². The zero-order valence-corrected chi connectivity index (χ0v) is 64.5. The van der Waals surface area contributed by atoms with Crippen molar-refractivity contribution in [3.63, 3.8) is 0 Å². The number of aliphatic hydroxyl groups is 4. The third-order valence-corrected chi connectivity index (χ3v) is 20.1. The highest BCUT2D eigenvalue weighted by Crippen LogP contribution is 2.35. The molecule has 10 amide bonds. The molecule has 5 rings (SSSR count). The van der Waals surface area contributed by atoms with Crippen LogP contribution in [0.3, 0.4) is 0 Å². The monoisotopic (exact) mass is 1510 g/mol. The summed E-state index contributed by atoms with van der Waals surface area (Å²) in [6, 6.07) is 8.39. The molecule has 0 aromatic heterocycles. The number of carboxylic acid groups (broad SMARTS) is 1. The molecule has 16 atom stereocenters. The number of carboxylic acids is 1. The molecule has 2 saturated heterocycles. The van der Waals surface area contributed by atoms with Crippen molar-refractivity contribution in [2.24, 2.45) is 29.6 Å². The Morgan fingerprint density at radius 2 is 1.41 bits per heavy atom. The van der Waals surface area contributed by atoms with E-state index in [-0.39, 0.29) is 103 Å². The number of benzene rings is 2. The molecule has 31 heteroatoms. The number of hydrogen-bond donors (Lipinski definition) is 11. The molecule has 31 nitrogen and oxygen atoms in total. The second kappa shape index (κ2) is 43.7. The summed E-state index contributed by atoms with van der Waals surface area (Å²) in [6.45, 7) is 18.6. The molecule has 11 N–H and O–H groups in total. The molecule has 2 fully saturated rings. The number of carbonyl (C=O) groups is 11. The Morgan fingerprint density at radius 3 is 2.03 bits per heavy atom. The molecule has 3 aliphatic rings. The number of amides is 10. The van der Waals surface area contributed by atoms with Crippen LogP contribution in [0, 0.1) is 29.6 Å². The lowest BCUT2D eigenvalue weighted by Crippen LogP contribution is -2.61. The molecule has 3 heterocycles. The highest BCUT2D eigenvalue weighted by atomic mass is 16.7. The van der Waals surface area contributed by atoms with E-state index in [4.69, 9.17) is 23.7 Å². The van der Waals surface area contributed by atoms with Gasteiger partial charge >= 0.3 is 5.97 Å². The highest BCUT2D eigenvalue weighted by Gasteiger charge is 2.49. The van der Waals surface area contributed by atoms with Crippen LogP contribution < -0.4 is 41.4 Å². The fourth-order valence-electron chi connectivity index (χ4n) is 13.6. The van der Waals surface area contributed by atoms with Gasteiger partial charge in [-0.25, -0.2) is 4.79 Å². The quantitative estimate of drug-likeness (QED) is 0.0335. The van der Waals surface area contributed by atoms with Crippen LogP contribution in [-0.4, -0.2) is 257 Å². The Hall–Kier alpha value is -8.17. The third kappa shape index (κ3) is 26.0. The van der Waals surface area contributed by atoms with E-state index in [9.17, 15) is 78.3 Å². The van der Waals surface area contributed by atoms with Crippen LogP contribution >= 0.6 is 0 Å². The standard InChI is InChI=1S/C76H118N10O21/c1-15-46(8)64(55(103-13)40-60(91)85-38-24-28-53(85)69(104-14)47(9)72(98)79-48(10)65(93)49-25-18-16-19-26-49)84(12)74(100)62(43(2)3)82-73(99)63(44(4)5)83(11)61(92)42-105-51-30-31-54(106-76-68(96)66(94)67(95)70(107-76)75(101)102)52(39-51)81-57(88)34-36-77-41-50(27-21-22-35-78-71(97)45(6)7)80-56(87)29-20-17-23-37-86-58(89)32-33-59(86)90/h16,18-19,25-26,30-33,39,43-48,50,53,55,62-70,76-77,93-96H,15,17,20-24,27-29,34-38,40-42H2,1-14H3,(H,78,97)(H,79,98)(H,80,87)(H,81,88)(H,82,99)(H,101,102)/t46-,47+,48+,50-,53-,55+,62-,63?,64-,65+,66-,67-,68+,69+,70-,76+/m0/s1. The number of likely N-dealkylation sites (tertiary alicyclic amines) is 1. The number of nitrogens with zero attached hydrogens (tertiary/aromatic N) is 4. The predicted octanol–water partition coefficient (Wildman–Crippen LogP) is 2.95. The van der Waals surface area contributed by atoms with E-state index in [2.05, 4.69) is 31.9 Å². The maximum absolute atomic E-state index is 15.0. The average molecular weight is 1510 g/mol.